The van der Waals surface area contributed by atoms with Gasteiger partial charge in [-0.2, -0.15) is 0 Å². The largest absolute Gasteiger partial charge is 0.383 e. The lowest BCUT2D eigenvalue weighted by Crippen LogP contribution is -2.39. The fraction of sp³-hybridized carbons (Fsp3) is 1.00. The second kappa shape index (κ2) is 11.0. The van der Waals surface area contributed by atoms with Crippen molar-refractivity contribution in [3.05, 3.63) is 0 Å². The minimum atomic E-state index is 0.733. The predicted octanol–water partition coefficient (Wildman–Crippen LogP) is 0.742. The van der Waals surface area contributed by atoms with Gasteiger partial charge < -0.3 is 19.9 Å². The summed E-state index contributed by atoms with van der Waals surface area (Å²) in [6, 6.07) is 0. The smallest absolute Gasteiger partial charge is 0.0587 e. The molecule has 0 heterocycles. The van der Waals surface area contributed by atoms with Crippen LogP contribution in [0.2, 0.25) is 0 Å². The van der Waals surface area contributed by atoms with Gasteiger partial charge in [-0.25, -0.2) is 0 Å². The Bertz CT molecular complexity index is 163. The summed E-state index contributed by atoms with van der Waals surface area (Å²) in [6.07, 6.45) is 0. The molecule has 0 aliphatic carbocycles. The molecule has 0 amide bonds. The number of hydrogen-bond donors (Lipinski definition) is 1. The molecule has 4 nitrogen and oxygen atoms in total. The number of nitrogens with zero attached hydrogens (tertiary/aromatic N) is 2. The maximum atomic E-state index is 5.01. The van der Waals surface area contributed by atoms with Crippen molar-refractivity contribution >= 4 is 0 Å². The maximum Gasteiger partial charge on any atom is 0.0587 e. The summed E-state index contributed by atoms with van der Waals surface area (Å²) in [5.41, 5.74) is 0. The highest BCUT2D eigenvalue weighted by atomic mass is 16.5. The van der Waals surface area contributed by atoms with E-state index in [0.29, 0.717) is 0 Å². The van der Waals surface area contributed by atoms with E-state index in [-0.39, 0.29) is 0 Å². The van der Waals surface area contributed by atoms with Crippen LogP contribution in [0.25, 0.3) is 0 Å². The van der Waals surface area contributed by atoms with Gasteiger partial charge in [0.15, 0.2) is 0 Å². The zero-order chi connectivity index (χ0) is 13.1. The number of nitrogens with one attached hydrogen (secondary N) is 1. The molecule has 0 saturated carbocycles. The predicted molar refractivity (Wildman–Crippen MR) is 74.6 cm³/mol. The van der Waals surface area contributed by atoms with Gasteiger partial charge in [0, 0.05) is 46.4 Å². The lowest BCUT2D eigenvalue weighted by atomic mass is 10.2. The minimum Gasteiger partial charge on any atom is -0.383 e. The van der Waals surface area contributed by atoms with Crippen LogP contribution >= 0.6 is 0 Å². The number of rotatable bonds is 11. The van der Waals surface area contributed by atoms with Gasteiger partial charge in [0.1, 0.15) is 0 Å². The Morgan fingerprint density at radius 1 is 1.06 bits per heavy atom. The van der Waals surface area contributed by atoms with Crippen LogP contribution in [0.15, 0.2) is 0 Å². The molecule has 17 heavy (non-hydrogen) atoms. The maximum absolute atomic E-state index is 5.01. The van der Waals surface area contributed by atoms with Gasteiger partial charge in [-0.05, 0) is 20.0 Å². The van der Waals surface area contributed by atoms with Crippen LogP contribution in [0.4, 0.5) is 0 Å². The van der Waals surface area contributed by atoms with E-state index in [0.717, 1.165) is 45.2 Å². The van der Waals surface area contributed by atoms with E-state index < -0.39 is 0 Å². The van der Waals surface area contributed by atoms with E-state index in [2.05, 4.69) is 43.1 Å². The Hall–Kier alpha value is -0.160. The van der Waals surface area contributed by atoms with E-state index in [1.807, 2.05) is 0 Å². The summed E-state index contributed by atoms with van der Waals surface area (Å²) >= 11 is 0. The lowest BCUT2D eigenvalue weighted by molar-refractivity contribution is 0.192. The first-order valence-corrected chi connectivity index (χ1v) is 6.63. The minimum absolute atomic E-state index is 0.733. The Labute approximate surface area is 107 Å². The van der Waals surface area contributed by atoms with E-state index in [1.165, 1.54) is 6.54 Å². The third-order valence-corrected chi connectivity index (χ3v) is 2.57. The molecule has 0 fully saturated rings. The summed E-state index contributed by atoms with van der Waals surface area (Å²) < 4.78 is 5.01. The van der Waals surface area contributed by atoms with Gasteiger partial charge in [0.25, 0.3) is 0 Å². The third-order valence-electron chi connectivity index (χ3n) is 2.57. The summed E-state index contributed by atoms with van der Waals surface area (Å²) in [6.45, 7) is 11.9. The second-order valence-electron chi connectivity index (χ2n) is 5.24. The molecule has 0 aliphatic heterocycles. The van der Waals surface area contributed by atoms with Crippen LogP contribution in [0, 0.1) is 5.92 Å². The van der Waals surface area contributed by atoms with Crippen LogP contribution in [0.3, 0.4) is 0 Å². The Kier molecular flexibility index (Phi) is 10.9. The van der Waals surface area contributed by atoms with Crippen molar-refractivity contribution in [2.24, 2.45) is 5.92 Å². The Morgan fingerprint density at radius 2 is 1.76 bits per heavy atom. The van der Waals surface area contributed by atoms with Crippen LogP contribution in [-0.4, -0.2) is 76.9 Å². The first-order valence-electron chi connectivity index (χ1n) is 6.63. The average Bonchev–Trinajstić information content (AvgIpc) is 2.24. The highest BCUT2D eigenvalue weighted by Gasteiger charge is 2.07. The molecule has 0 aromatic rings. The van der Waals surface area contributed by atoms with Gasteiger partial charge >= 0.3 is 0 Å². The summed E-state index contributed by atoms with van der Waals surface area (Å²) in [4.78, 5) is 4.77. The topological polar surface area (TPSA) is 27.7 Å². The van der Waals surface area contributed by atoms with Crippen molar-refractivity contribution in [2.75, 3.05) is 67.1 Å². The molecule has 0 radical (unpaired) electrons. The van der Waals surface area contributed by atoms with Crippen molar-refractivity contribution in [3.8, 4) is 0 Å². The number of ether oxygens (including phenoxy) is 1. The van der Waals surface area contributed by atoms with Gasteiger partial charge in [-0.1, -0.05) is 13.8 Å². The molecule has 0 aromatic heterocycles. The zero-order valence-electron chi connectivity index (χ0n) is 12.3. The van der Waals surface area contributed by atoms with Gasteiger partial charge in [-0.15, -0.1) is 0 Å². The molecule has 4 heteroatoms. The quantitative estimate of drug-likeness (QED) is 0.544. The number of likely N-dealkylation sites (N-methyl/N-ethyl adjacent to an activating group) is 1. The normalized spacial score (nSPS) is 12.0. The molecule has 0 saturated heterocycles. The lowest BCUT2D eigenvalue weighted by Gasteiger charge is -2.25. The van der Waals surface area contributed by atoms with Crippen molar-refractivity contribution in [3.63, 3.8) is 0 Å². The fourth-order valence-corrected chi connectivity index (χ4v) is 1.69. The van der Waals surface area contributed by atoms with Gasteiger partial charge in [0.2, 0.25) is 0 Å². The first kappa shape index (κ1) is 16.8. The SMILES string of the molecule is COCCNCCN(CCN(C)C)CC(C)C. The molecule has 0 unspecified atom stereocenters. The van der Waals surface area contributed by atoms with Crippen molar-refractivity contribution in [1.82, 2.24) is 15.1 Å². The van der Waals surface area contributed by atoms with Crippen LogP contribution in [-0.2, 0) is 4.74 Å². The summed E-state index contributed by atoms with van der Waals surface area (Å²) in [5.74, 6) is 0.733. The fourth-order valence-electron chi connectivity index (χ4n) is 1.69. The van der Waals surface area contributed by atoms with Crippen LogP contribution in [0.1, 0.15) is 13.8 Å². The highest BCUT2D eigenvalue weighted by Crippen LogP contribution is 1.98. The molecule has 0 atom stereocenters. The van der Waals surface area contributed by atoms with Gasteiger partial charge in [-0.3, -0.25) is 0 Å². The van der Waals surface area contributed by atoms with E-state index in [9.17, 15) is 0 Å². The van der Waals surface area contributed by atoms with Gasteiger partial charge in [0.05, 0.1) is 6.61 Å². The Morgan fingerprint density at radius 3 is 2.29 bits per heavy atom. The molecule has 0 bridgehead atoms. The highest BCUT2D eigenvalue weighted by molar-refractivity contribution is 4.63. The Balaban J connectivity index is 3.69. The molecule has 0 spiro atoms. The number of methoxy groups -OCH3 is 1. The van der Waals surface area contributed by atoms with Crippen molar-refractivity contribution in [2.45, 2.75) is 13.8 Å². The molecule has 104 valence electrons. The third kappa shape index (κ3) is 12.1. The van der Waals surface area contributed by atoms with E-state index >= 15 is 0 Å². The van der Waals surface area contributed by atoms with E-state index in [1.54, 1.807) is 7.11 Å². The van der Waals surface area contributed by atoms with Crippen LogP contribution in [0.5, 0.6) is 0 Å². The zero-order valence-corrected chi connectivity index (χ0v) is 12.3. The average molecular weight is 245 g/mol. The molecular weight excluding hydrogens is 214 g/mol. The van der Waals surface area contributed by atoms with E-state index in [4.69, 9.17) is 4.74 Å². The summed E-state index contributed by atoms with van der Waals surface area (Å²) in [5, 5.41) is 3.40. The monoisotopic (exact) mass is 245 g/mol. The standard InChI is InChI=1S/C13H31N3O/c1-13(2)12-16(10-9-15(3)4)8-6-14-7-11-17-5/h13-14H,6-12H2,1-5H3. The van der Waals surface area contributed by atoms with Crippen molar-refractivity contribution < 1.29 is 4.74 Å². The number of hydrogen-bond acceptors (Lipinski definition) is 4. The molecule has 0 aromatic carbocycles. The first-order chi connectivity index (χ1) is 8.06. The van der Waals surface area contributed by atoms with Crippen molar-refractivity contribution in [1.29, 1.82) is 0 Å². The molecule has 0 rings (SSSR count). The molecule has 1 N–H and O–H groups in total. The second-order valence-corrected chi connectivity index (χ2v) is 5.24. The molecule has 0 aliphatic rings. The summed E-state index contributed by atoms with van der Waals surface area (Å²) in [7, 11) is 6.00. The molecular formula is C13H31N3O. The van der Waals surface area contributed by atoms with Crippen LogP contribution < -0.4 is 5.32 Å².